The van der Waals surface area contributed by atoms with E-state index in [4.69, 9.17) is 14.2 Å². The number of hydrogen-bond acceptors (Lipinski definition) is 5. The first-order valence-corrected chi connectivity index (χ1v) is 6.98. The average molecular weight is 275 g/mol. The van der Waals surface area contributed by atoms with Crippen LogP contribution in [-0.2, 0) is 19.0 Å². The van der Waals surface area contributed by atoms with E-state index in [1.165, 1.54) is 0 Å². The van der Waals surface area contributed by atoms with Gasteiger partial charge < -0.3 is 19.5 Å². The van der Waals surface area contributed by atoms with Gasteiger partial charge in [-0.25, -0.2) is 0 Å². The van der Waals surface area contributed by atoms with Crippen LogP contribution in [0.2, 0.25) is 0 Å². The van der Waals surface area contributed by atoms with E-state index in [1.54, 1.807) is 14.0 Å². The average Bonchev–Trinajstić information content (AvgIpc) is 2.37. The van der Waals surface area contributed by atoms with Crippen molar-refractivity contribution < 1.29 is 19.0 Å². The van der Waals surface area contributed by atoms with Crippen molar-refractivity contribution in [2.45, 2.75) is 39.7 Å². The van der Waals surface area contributed by atoms with Gasteiger partial charge in [-0.3, -0.25) is 4.79 Å². The maximum absolute atomic E-state index is 11.8. The topological polar surface area (TPSA) is 56.8 Å². The zero-order chi connectivity index (χ0) is 14.7. The molecule has 1 N–H and O–H groups in total. The second kappa shape index (κ2) is 10.2. The second-order valence-corrected chi connectivity index (χ2v) is 5.13. The van der Waals surface area contributed by atoms with E-state index in [2.05, 4.69) is 19.2 Å². The fourth-order valence-electron chi connectivity index (χ4n) is 1.43. The molecule has 0 fully saturated rings. The minimum atomic E-state index is -0.686. The molecule has 0 aromatic rings. The van der Waals surface area contributed by atoms with Crippen LogP contribution in [0.15, 0.2) is 0 Å². The number of nitrogens with one attached hydrogen (secondary N) is 1. The maximum atomic E-state index is 11.8. The molecule has 1 unspecified atom stereocenters. The molecule has 0 saturated heterocycles. The minimum absolute atomic E-state index is 0.239. The lowest BCUT2D eigenvalue weighted by atomic mass is 9.99. The van der Waals surface area contributed by atoms with E-state index in [9.17, 15) is 4.79 Å². The molecule has 1 atom stereocenters. The van der Waals surface area contributed by atoms with Gasteiger partial charge in [-0.1, -0.05) is 13.8 Å². The fourth-order valence-corrected chi connectivity index (χ4v) is 1.43. The second-order valence-electron chi connectivity index (χ2n) is 5.13. The van der Waals surface area contributed by atoms with Crippen molar-refractivity contribution in [1.29, 1.82) is 0 Å². The highest BCUT2D eigenvalue weighted by Crippen LogP contribution is 2.11. The van der Waals surface area contributed by atoms with Crippen LogP contribution in [0.4, 0.5) is 0 Å². The molecule has 0 aliphatic heterocycles. The van der Waals surface area contributed by atoms with Crippen molar-refractivity contribution in [3.05, 3.63) is 0 Å². The van der Waals surface area contributed by atoms with Crippen molar-refractivity contribution in [2.24, 2.45) is 5.92 Å². The summed E-state index contributed by atoms with van der Waals surface area (Å²) in [5, 5.41) is 2.99. The third kappa shape index (κ3) is 8.18. The van der Waals surface area contributed by atoms with Crippen LogP contribution in [0, 0.1) is 5.92 Å². The number of esters is 1. The lowest BCUT2D eigenvalue weighted by Crippen LogP contribution is -2.49. The number of rotatable bonds is 11. The Hall–Kier alpha value is -0.650. The van der Waals surface area contributed by atoms with Gasteiger partial charge in [0.2, 0.25) is 0 Å². The van der Waals surface area contributed by atoms with Crippen molar-refractivity contribution in [3.63, 3.8) is 0 Å². The molecular weight excluding hydrogens is 246 g/mol. The van der Waals surface area contributed by atoms with E-state index in [0.717, 1.165) is 6.61 Å². The van der Waals surface area contributed by atoms with Crippen LogP contribution in [0.25, 0.3) is 0 Å². The van der Waals surface area contributed by atoms with E-state index in [1.807, 2.05) is 6.92 Å². The van der Waals surface area contributed by atoms with E-state index in [-0.39, 0.29) is 5.97 Å². The molecule has 0 amide bonds. The summed E-state index contributed by atoms with van der Waals surface area (Å²) in [7, 11) is 1.75. The number of hydrogen-bond donors (Lipinski definition) is 1. The molecule has 5 heteroatoms. The predicted octanol–water partition coefficient (Wildman–Crippen LogP) is 1.61. The molecule has 0 saturated carbocycles. The van der Waals surface area contributed by atoms with Crippen molar-refractivity contribution in [1.82, 2.24) is 5.32 Å². The van der Waals surface area contributed by atoms with Crippen LogP contribution in [-0.4, -0.2) is 51.6 Å². The van der Waals surface area contributed by atoms with Crippen LogP contribution >= 0.6 is 0 Å². The van der Waals surface area contributed by atoms with Crippen molar-refractivity contribution in [2.75, 3.05) is 40.1 Å². The molecule has 0 radical (unpaired) electrons. The Morgan fingerprint density at radius 2 is 1.84 bits per heavy atom. The summed E-state index contributed by atoms with van der Waals surface area (Å²) in [4.78, 5) is 11.8. The smallest absolute Gasteiger partial charge is 0.326 e. The number of carbonyl (C=O) groups is 1. The maximum Gasteiger partial charge on any atom is 0.326 e. The number of likely N-dealkylation sites (N-methyl/N-ethyl adjacent to an activating group) is 1. The van der Waals surface area contributed by atoms with Crippen molar-refractivity contribution >= 4 is 5.97 Å². The van der Waals surface area contributed by atoms with Gasteiger partial charge in [-0.05, 0) is 33.2 Å². The summed E-state index contributed by atoms with van der Waals surface area (Å²) in [5.74, 6) is 0.300. The van der Waals surface area contributed by atoms with Crippen LogP contribution in [0.1, 0.15) is 34.1 Å². The van der Waals surface area contributed by atoms with Gasteiger partial charge in [-0.2, -0.15) is 0 Å². The molecule has 0 spiro atoms. The molecule has 0 rings (SSSR count). The monoisotopic (exact) mass is 275 g/mol. The summed E-state index contributed by atoms with van der Waals surface area (Å²) < 4.78 is 15.9. The minimum Gasteiger partial charge on any atom is -0.465 e. The largest absolute Gasteiger partial charge is 0.465 e. The lowest BCUT2D eigenvalue weighted by molar-refractivity contribution is -0.151. The first-order valence-electron chi connectivity index (χ1n) is 6.98. The zero-order valence-corrected chi connectivity index (χ0v) is 13.0. The molecule has 114 valence electrons. The Bertz CT molecular complexity index is 246. The Morgan fingerprint density at radius 1 is 1.21 bits per heavy atom. The highest BCUT2D eigenvalue weighted by molar-refractivity contribution is 5.80. The van der Waals surface area contributed by atoms with Crippen LogP contribution in [0.3, 0.4) is 0 Å². The molecule has 0 aromatic heterocycles. The lowest BCUT2D eigenvalue weighted by Gasteiger charge is -2.26. The molecule has 0 aromatic carbocycles. The van der Waals surface area contributed by atoms with Gasteiger partial charge >= 0.3 is 5.97 Å². The normalized spacial score (nSPS) is 14.4. The predicted molar refractivity (Wildman–Crippen MR) is 75.2 cm³/mol. The zero-order valence-electron chi connectivity index (χ0n) is 13.0. The molecule has 0 aliphatic carbocycles. The van der Waals surface area contributed by atoms with Crippen molar-refractivity contribution in [3.8, 4) is 0 Å². The molecule has 0 heterocycles. The third-order valence-corrected chi connectivity index (χ3v) is 2.85. The Labute approximate surface area is 117 Å². The Morgan fingerprint density at radius 3 is 2.37 bits per heavy atom. The van der Waals surface area contributed by atoms with Gasteiger partial charge in [0.1, 0.15) is 5.54 Å². The highest BCUT2D eigenvalue weighted by atomic mass is 16.5. The summed E-state index contributed by atoms with van der Waals surface area (Å²) >= 11 is 0. The standard InChI is InChI=1S/C14H29NO4/c1-6-19-13(16)14(4,15-5)7-8-17-9-10-18-11-12(2)3/h12,15H,6-11H2,1-5H3. The molecule has 5 nitrogen and oxygen atoms in total. The summed E-state index contributed by atoms with van der Waals surface area (Å²) in [6, 6.07) is 0. The Kier molecular flexibility index (Phi) is 9.83. The first kappa shape index (κ1) is 18.4. The molecular formula is C14H29NO4. The molecule has 19 heavy (non-hydrogen) atoms. The fraction of sp³-hybridized carbons (Fsp3) is 0.929. The number of ether oxygens (including phenoxy) is 3. The van der Waals surface area contributed by atoms with Crippen LogP contribution < -0.4 is 5.32 Å². The quantitative estimate of drug-likeness (QED) is 0.458. The van der Waals surface area contributed by atoms with Gasteiger partial charge in [-0.15, -0.1) is 0 Å². The highest BCUT2D eigenvalue weighted by Gasteiger charge is 2.32. The van der Waals surface area contributed by atoms with Crippen LogP contribution in [0.5, 0.6) is 0 Å². The third-order valence-electron chi connectivity index (χ3n) is 2.85. The van der Waals surface area contributed by atoms with Gasteiger partial charge in [0.15, 0.2) is 0 Å². The summed E-state index contributed by atoms with van der Waals surface area (Å²) in [6.07, 6.45) is 0.576. The van der Waals surface area contributed by atoms with E-state index < -0.39 is 5.54 Å². The van der Waals surface area contributed by atoms with E-state index in [0.29, 0.717) is 38.8 Å². The SMILES string of the molecule is CCOC(=O)C(C)(CCOCCOCC(C)C)NC. The van der Waals surface area contributed by atoms with E-state index >= 15 is 0 Å². The number of carbonyl (C=O) groups excluding carboxylic acids is 1. The van der Waals surface area contributed by atoms with Gasteiger partial charge in [0.25, 0.3) is 0 Å². The first-order chi connectivity index (χ1) is 8.96. The molecule has 0 aliphatic rings. The van der Waals surface area contributed by atoms with Gasteiger partial charge in [0, 0.05) is 13.2 Å². The summed E-state index contributed by atoms with van der Waals surface area (Å²) in [6.45, 7) is 10.6. The Balaban J connectivity index is 3.75. The summed E-state index contributed by atoms with van der Waals surface area (Å²) in [5.41, 5.74) is -0.686. The molecule has 0 bridgehead atoms. The van der Waals surface area contributed by atoms with Gasteiger partial charge in [0.05, 0.1) is 19.8 Å².